The van der Waals surface area contributed by atoms with Crippen LogP contribution in [0, 0.1) is 0 Å². The van der Waals surface area contributed by atoms with E-state index >= 15 is 0 Å². The molecule has 1 nitrogen and oxygen atoms in total. The molecule has 5 rings (SSSR count). The summed E-state index contributed by atoms with van der Waals surface area (Å²) in [6.07, 6.45) is 12.0. The van der Waals surface area contributed by atoms with Crippen LogP contribution in [0.1, 0.15) is 28.7 Å². The van der Waals surface area contributed by atoms with E-state index in [9.17, 15) is 0 Å². The maximum atomic E-state index is 5.42. The highest BCUT2D eigenvalue weighted by molar-refractivity contribution is 6.03. The Morgan fingerprint density at radius 1 is 0.857 bits per heavy atom. The summed E-state index contributed by atoms with van der Waals surface area (Å²) in [5.41, 5.74) is 8.47. The molecular weight excluding hydrogens is 256 g/mol. The number of rotatable bonds is 1. The van der Waals surface area contributed by atoms with Gasteiger partial charge >= 0.3 is 0 Å². The van der Waals surface area contributed by atoms with Crippen molar-refractivity contribution in [1.29, 1.82) is 0 Å². The molecule has 2 aromatic rings. The van der Waals surface area contributed by atoms with E-state index in [-0.39, 0.29) is 0 Å². The molecule has 0 spiro atoms. The molecule has 0 amide bonds. The van der Waals surface area contributed by atoms with Crippen molar-refractivity contribution in [2.24, 2.45) is 0 Å². The molecule has 1 aliphatic heterocycles. The lowest BCUT2D eigenvalue weighted by atomic mass is 9.81. The normalized spacial score (nSPS) is 18.5. The summed E-state index contributed by atoms with van der Waals surface area (Å²) < 4.78 is 5.42. The zero-order valence-electron chi connectivity index (χ0n) is 11.9. The SMILES string of the molecule is C1=Cc2ccc3c4c(ccc(c24)C1)CC(C1=COCC1)=C3. The molecule has 2 aromatic carbocycles. The van der Waals surface area contributed by atoms with Crippen LogP contribution in [0.25, 0.3) is 22.9 Å². The highest BCUT2D eigenvalue weighted by Gasteiger charge is 2.21. The first-order valence-electron chi connectivity index (χ1n) is 7.66. The van der Waals surface area contributed by atoms with Crippen LogP contribution in [-0.4, -0.2) is 6.61 Å². The van der Waals surface area contributed by atoms with Crippen LogP contribution in [0.5, 0.6) is 0 Å². The van der Waals surface area contributed by atoms with Gasteiger partial charge in [0.2, 0.25) is 0 Å². The molecule has 0 N–H and O–H groups in total. The third kappa shape index (κ3) is 1.58. The summed E-state index contributed by atoms with van der Waals surface area (Å²) in [6.45, 7) is 0.831. The molecule has 0 fully saturated rings. The first-order valence-corrected chi connectivity index (χ1v) is 7.66. The molecule has 0 radical (unpaired) electrons. The van der Waals surface area contributed by atoms with E-state index in [0.717, 1.165) is 25.9 Å². The molecular formula is C20H16O. The van der Waals surface area contributed by atoms with Crippen molar-refractivity contribution >= 4 is 22.9 Å². The molecule has 0 saturated heterocycles. The van der Waals surface area contributed by atoms with Crippen LogP contribution in [0.15, 0.2) is 47.7 Å². The van der Waals surface area contributed by atoms with Gasteiger partial charge in [-0.3, -0.25) is 0 Å². The van der Waals surface area contributed by atoms with Gasteiger partial charge in [-0.1, -0.05) is 42.5 Å². The molecule has 0 bridgehead atoms. The van der Waals surface area contributed by atoms with Crippen LogP contribution in [0.4, 0.5) is 0 Å². The second-order valence-corrected chi connectivity index (χ2v) is 6.09. The van der Waals surface area contributed by atoms with Gasteiger partial charge in [-0.15, -0.1) is 0 Å². The Balaban J connectivity index is 1.80. The molecule has 21 heavy (non-hydrogen) atoms. The Morgan fingerprint density at radius 3 is 2.62 bits per heavy atom. The Morgan fingerprint density at radius 2 is 1.71 bits per heavy atom. The van der Waals surface area contributed by atoms with E-state index in [1.807, 2.05) is 6.26 Å². The second kappa shape index (κ2) is 4.11. The zero-order chi connectivity index (χ0) is 13.8. The van der Waals surface area contributed by atoms with Gasteiger partial charge in [0.05, 0.1) is 12.9 Å². The molecule has 0 atom stereocenters. The highest BCUT2D eigenvalue weighted by atomic mass is 16.5. The third-order valence-electron chi connectivity index (χ3n) is 4.87. The fraction of sp³-hybridized carbons (Fsp3) is 0.200. The lowest BCUT2D eigenvalue weighted by molar-refractivity contribution is 0.281. The van der Waals surface area contributed by atoms with Crippen LogP contribution >= 0.6 is 0 Å². The van der Waals surface area contributed by atoms with E-state index in [1.54, 1.807) is 0 Å². The van der Waals surface area contributed by atoms with Gasteiger partial charge in [0.1, 0.15) is 0 Å². The van der Waals surface area contributed by atoms with Crippen molar-refractivity contribution in [1.82, 2.24) is 0 Å². The number of hydrogen-bond acceptors (Lipinski definition) is 1. The fourth-order valence-corrected chi connectivity index (χ4v) is 3.86. The average molecular weight is 272 g/mol. The Hall–Kier alpha value is -2.28. The predicted octanol–water partition coefficient (Wildman–Crippen LogP) is 4.65. The Bertz CT molecular complexity index is 865. The Labute approximate surface area is 124 Å². The van der Waals surface area contributed by atoms with E-state index < -0.39 is 0 Å². The van der Waals surface area contributed by atoms with E-state index in [0.29, 0.717) is 0 Å². The summed E-state index contributed by atoms with van der Waals surface area (Å²) in [5, 5.41) is 2.94. The molecule has 0 saturated carbocycles. The van der Waals surface area contributed by atoms with Crippen molar-refractivity contribution in [3.8, 4) is 0 Å². The lowest BCUT2D eigenvalue weighted by Gasteiger charge is -2.22. The van der Waals surface area contributed by atoms with E-state index in [1.165, 1.54) is 44.2 Å². The fourth-order valence-electron chi connectivity index (χ4n) is 3.86. The van der Waals surface area contributed by atoms with Crippen LogP contribution in [0.3, 0.4) is 0 Å². The number of hydrogen-bond donors (Lipinski definition) is 0. The zero-order valence-corrected chi connectivity index (χ0v) is 11.9. The topological polar surface area (TPSA) is 9.23 Å². The first kappa shape index (κ1) is 11.4. The molecule has 0 aromatic heterocycles. The molecule has 2 aliphatic carbocycles. The number of allylic oxidation sites excluding steroid dienone is 2. The van der Waals surface area contributed by atoms with E-state index in [2.05, 4.69) is 42.5 Å². The lowest BCUT2D eigenvalue weighted by Crippen LogP contribution is -2.04. The van der Waals surface area contributed by atoms with Crippen molar-refractivity contribution in [3.05, 3.63) is 70.0 Å². The third-order valence-corrected chi connectivity index (χ3v) is 4.87. The minimum Gasteiger partial charge on any atom is -0.501 e. The predicted molar refractivity (Wildman–Crippen MR) is 87.0 cm³/mol. The van der Waals surface area contributed by atoms with Crippen LogP contribution in [-0.2, 0) is 17.6 Å². The minimum absolute atomic E-state index is 0.831. The second-order valence-electron chi connectivity index (χ2n) is 6.09. The highest BCUT2D eigenvalue weighted by Crippen LogP contribution is 2.39. The first-order chi connectivity index (χ1) is 10.4. The summed E-state index contributed by atoms with van der Waals surface area (Å²) in [7, 11) is 0. The standard InChI is InChI=1S/C20H16O/c1-2-13-4-6-15-10-18(17-8-9-21-12-17)11-16-7-5-14(3-1)19(13)20(15)16/h1-2,4-7,10,12H,3,8-9,11H2. The average Bonchev–Trinajstić information content (AvgIpc) is 3.07. The van der Waals surface area contributed by atoms with Gasteiger partial charge < -0.3 is 4.74 Å². The smallest absolute Gasteiger partial charge is 0.0915 e. The number of benzene rings is 2. The molecule has 1 heterocycles. The van der Waals surface area contributed by atoms with Crippen LogP contribution in [0.2, 0.25) is 0 Å². The van der Waals surface area contributed by atoms with Gasteiger partial charge in [-0.25, -0.2) is 0 Å². The maximum Gasteiger partial charge on any atom is 0.0915 e. The van der Waals surface area contributed by atoms with Crippen molar-refractivity contribution < 1.29 is 4.74 Å². The summed E-state index contributed by atoms with van der Waals surface area (Å²) in [5.74, 6) is 0. The van der Waals surface area contributed by atoms with Crippen LogP contribution < -0.4 is 0 Å². The maximum absolute atomic E-state index is 5.42. The van der Waals surface area contributed by atoms with Gasteiger partial charge in [0.15, 0.2) is 0 Å². The Kier molecular flexibility index (Phi) is 2.23. The van der Waals surface area contributed by atoms with Gasteiger partial charge in [0, 0.05) is 6.42 Å². The van der Waals surface area contributed by atoms with Gasteiger partial charge in [-0.05, 0) is 57.0 Å². The molecule has 1 heteroatoms. The summed E-state index contributed by atoms with van der Waals surface area (Å²) >= 11 is 0. The monoisotopic (exact) mass is 272 g/mol. The summed E-state index contributed by atoms with van der Waals surface area (Å²) in [4.78, 5) is 0. The van der Waals surface area contributed by atoms with Gasteiger partial charge in [-0.2, -0.15) is 0 Å². The van der Waals surface area contributed by atoms with Crippen molar-refractivity contribution in [3.63, 3.8) is 0 Å². The molecule has 102 valence electrons. The van der Waals surface area contributed by atoms with Gasteiger partial charge in [0.25, 0.3) is 0 Å². The molecule has 0 unspecified atom stereocenters. The van der Waals surface area contributed by atoms with E-state index in [4.69, 9.17) is 4.74 Å². The largest absolute Gasteiger partial charge is 0.501 e. The minimum atomic E-state index is 0.831. The van der Waals surface area contributed by atoms with Crippen molar-refractivity contribution in [2.45, 2.75) is 19.3 Å². The quantitative estimate of drug-likeness (QED) is 0.734. The molecule has 3 aliphatic rings. The van der Waals surface area contributed by atoms with Crippen molar-refractivity contribution in [2.75, 3.05) is 6.61 Å². The number of ether oxygens (including phenoxy) is 1. The summed E-state index contributed by atoms with van der Waals surface area (Å²) in [6, 6.07) is 9.18.